The van der Waals surface area contributed by atoms with E-state index in [4.69, 9.17) is 9.47 Å². The first kappa shape index (κ1) is 18.1. The van der Waals surface area contributed by atoms with E-state index in [1.807, 2.05) is 0 Å². The number of nitrogens with zero attached hydrogens (tertiary/aromatic N) is 6. The Balaban J connectivity index is 2.22. The zero-order chi connectivity index (χ0) is 18.4. The van der Waals surface area contributed by atoms with Crippen molar-refractivity contribution in [2.24, 2.45) is 7.05 Å². The molecule has 134 valence electrons. The zero-order valence-electron chi connectivity index (χ0n) is 14.4. The molecule has 0 bridgehead atoms. The molecule has 2 aromatic rings. The molecule has 0 fully saturated rings. The molecule has 0 spiro atoms. The fraction of sp³-hybridized carbons (Fsp3) is 0.429. The number of anilines is 2. The van der Waals surface area contributed by atoms with Crippen molar-refractivity contribution >= 4 is 17.9 Å². The van der Waals surface area contributed by atoms with E-state index >= 15 is 0 Å². The summed E-state index contributed by atoms with van der Waals surface area (Å²) in [6.45, 7) is 1.91. The Morgan fingerprint density at radius 2 is 2.04 bits per heavy atom. The number of carbonyl (C=O) groups is 1. The van der Waals surface area contributed by atoms with Gasteiger partial charge in [0, 0.05) is 33.3 Å². The molecular weight excluding hydrogens is 330 g/mol. The van der Waals surface area contributed by atoms with Gasteiger partial charge in [-0.1, -0.05) is 0 Å². The number of hydrogen-bond donors (Lipinski definition) is 1. The predicted octanol–water partition coefficient (Wildman–Crippen LogP) is -0.201. The van der Waals surface area contributed by atoms with Gasteiger partial charge in [0.25, 0.3) is 5.56 Å². The maximum absolute atomic E-state index is 11.4. The second-order valence-corrected chi connectivity index (χ2v) is 5.03. The van der Waals surface area contributed by atoms with Crippen LogP contribution >= 0.6 is 0 Å². The number of esters is 1. The summed E-state index contributed by atoms with van der Waals surface area (Å²) in [7, 11) is 5.00. The minimum absolute atomic E-state index is 0.0313. The first-order valence-electron chi connectivity index (χ1n) is 7.44. The molecule has 0 aliphatic carbocycles. The standard InChI is InChI=1S/C14H19N7O4/c1-5-24-11(23)8-15-12-16-13(20(2)3)18-14(17-12)25-9-6-7-10(22)21(4)19-9/h6-7H,5,8H2,1-4H3,(H,15,16,17,18). The molecule has 0 amide bonds. The molecule has 0 aromatic carbocycles. The molecule has 2 rings (SSSR count). The smallest absolute Gasteiger partial charge is 0.330 e. The highest BCUT2D eigenvalue weighted by Gasteiger charge is 2.12. The van der Waals surface area contributed by atoms with Gasteiger partial charge >= 0.3 is 12.0 Å². The van der Waals surface area contributed by atoms with Crippen LogP contribution in [-0.4, -0.2) is 57.9 Å². The van der Waals surface area contributed by atoms with Gasteiger partial charge in [0.05, 0.1) is 6.61 Å². The highest BCUT2D eigenvalue weighted by molar-refractivity contribution is 5.74. The summed E-state index contributed by atoms with van der Waals surface area (Å²) < 4.78 is 11.4. The summed E-state index contributed by atoms with van der Waals surface area (Å²) in [4.78, 5) is 36.8. The lowest BCUT2D eigenvalue weighted by atomic mass is 10.5. The first-order chi connectivity index (χ1) is 11.9. The van der Waals surface area contributed by atoms with E-state index in [0.29, 0.717) is 5.95 Å². The van der Waals surface area contributed by atoms with Gasteiger partial charge in [-0.25, -0.2) is 4.68 Å². The van der Waals surface area contributed by atoms with E-state index in [1.54, 1.807) is 25.9 Å². The fourth-order valence-electron chi connectivity index (χ4n) is 1.66. The molecule has 11 nitrogen and oxygen atoms in total. The van der Waals surface area contributed by atoms with Crippen LogP contribution in [0.5, 0.6) is 11.9 Å². The SMILES string of the molecule is CCOC(=O)CNc1nc(Oc2ccc(=O)n(C)n2)nc(N(C)C)n1. The van der Waals surface area contributed by atoms with Gasteiger partial charge in [-0.3, -0.25) is 9.59 Å². The summed E-state index contributed by atoms with van der Waals surface area (Å²) >= 11 is 0. The third kappa shape index (κ3) is 5.12. The van der Waals surface area contributed by atoms with Crippen molar-refractivity contribution in [1.82, 2.24) is 24.7 Å². The number of aromatic nitrogens is 5. The Morgan fingerprint density at radius 1 is 1.28 bits per heavy atom. The molecule has 0 saturated heterocycles. The minimum atomic E-state index is -0.434. The molecule has 25 heavy (non-hydrogen) atoms. The number of nitrogens with one attached hydrogen (secondary N) is 1. The van der Waals surface area contributed by atoms with Gasteiger partial charge in [0.15, 0.2) is 0 Å². The number of ether oxygens (including phenoxy) is 2. The largest absolute Gasteiger partial charge is 0.465 e. The molecule has 11 heteroatoms. The molecule has 2 heterocycles. The number of rotatable bonds is 7. The van der Waals surface area contributed by atoms with Crippen LogP contribution in [0, 0.1) is 0 Å². The van der Waals surface area contributed by atoms with Crippen LogP contribution in [-0.2, 0) is 16.6 Å². The number of carbonyl (C=O) groups excluding carboxylic acids is 1. The van der Waals surface area contributed by atoms with Gasteiger partial charge in [-0.2, -0.15) is 15.0 Å². The Morgan fingerprint density at radius 3 is 2.68 bits per heavy atom. The quantitative estimate of drug-likeness (QED) is 0.672. The molecule has 0 aliphatic rings. The average molecular weight is 349 g/mol. The molecule has 0 aliphatic heterocycles. The second kappa shape index (κ2) is 8.04. The van der Waals surface area contributed by atoms with Crippen LogP contribution in [0.1, 0.15) is 6.92 Å². The summed E-state index contributed by atoms with van der Waals surface area (Å²) in [5.74, 6) is 0.179. The van der Waals surface area contributed by atoms with E-state index in [-0.39, 0.29) is 36.5 Å². The maximum Gasteiger partial charge on any atom is 0.330 e. The van der Waals surface area contributed by atoms with Crippen molar-refractivity contribution in [3.05, 3.63) is 22.5 Å². The Hall–Kier alpha value is -3.24. The Labute approximate surface area is 143 Å². The Bertz CT molecular complexity index is 806. The van der Waals surface area contributed by atoms with Crippen LogP contribution in [0.2, 0.25) is 0 Å². The lowest BCUT2D eigenvalue weighted by molar-refractivity contribution is -0.140. The maximum atomic E-state index is 11.4. The Kier molecular flexibility index (Phi) is 5.82. The van der Waals surface area contributed by atoms with Gasteiger partial charge in [-0.05, 0) is 6.92 Å². The highest BCUT2D eigenvalue weighted by atomic mass is 16.5. The molecule has 0 atom stereocenters. The number of aryl methyl sites for hydroxylation is 1. The molecule has 0 saturated carbocycles. The van der Waals surface area contributed by atoms with Gasteiger partial charge < -0.3 is 19.7 Å². The second-order valence-electron chi connectivity index (χ2n) is 5.03. The predicted molar refractivity (Wildman–Crippen MR) is 88.8 cm³/mol. The van der Waals surface area contributed by atoms with Crippen LogP contribution in [0.25, 0.3) is 0 Å². The van der Waals surface area contributed by atoms with E-state index in [1.165, 1.54) is 19.2 Å². The fourth-order valence-corrected chi connectivity index (χ4v) is 1.66. The molecule has 0 unspecified atom stereocenters. The van der Waals surface area contributed by atoms with Crippen LogP contribution in [0.4, 0.5) is 11.9 Å². The van der Waals surface area contributed by atoms with Gasteiger partial charge in [0.1, 0.15) is 6.54 Å². The van der Waals surface area contributed by atoms with Gasteiger partial charge in [0.2, 0.25) is 17.8 Å². The molecule has 2 aromatic heterocycles. The highest BCUT2D eigenvalue weighted by Crippen LogP contribution is 2.17. The van der Waals surface area contributed by atoms with Crippen LogP contribution in [0.15, 0.2) is 16.9 Å². The van der Waals surface area contributed by atoms with Crippen molar-refractivity contribution in [1.29, 1.82) is 0 Å². The topological polar surface area (TPSA) is 124 Å². The molecule has 0 radical (unpaired) electrons. The van der Waals surface area contributed by atoms with Crippen molar-refractivity contribution in [3.63, 3.8) is 0 Å². The molecule has 1 N–H and O–H groups in total. The van der Waals surface area contributed by atoms with Crippen molar-refractivity contribution in [2.75, 3.05) is 37.5 Å². The van der Waals surface area contributed by atoms with E-state index in [9.17, 15) is 9.59 Å². The van der Waals surface area contributed by atoms with Crippen molar-refractivity contribution < 1.29 is 14.3 Å². The van der Waals surface area contributed by atoms with E-state index < -0.39 is 5.97 Å². The third-order valence-electron chi connectivity index (χ3n) is 2.83. The number of hydrogen-bond acceptors (Lipinski definition) is 10. The monoisotopic (exact) mass is 349 g/mol. The summed E-state index contributed by atoms with van der Waals surface area (Å²) in [6.07, 6.45) is 0. The van der Waals surface area contributed by atoms with Gasteiger partial charge in [-0.15, -0.1) is 5.10 Å². The normalized spacial score (nSPS) is 10.2. The summed E-state index contributed by atoms with van der Waals surface area (Å²) in [5, 5.41) is 6.70. The zero-order valence-corrected chi connectivity index (χ0v) is 14.4. The first-order valence-corrected chi connectivity index (χ1v) is 7.44. The minimum Gasteiger partial charge on any atom is -0.465 e. The van der Waals surface area contributed by atoms with Crippen LogP contribution < -0.4 is 20.5 Å². The third-order valence-corrected chi connectivity index (χ3v) is 2.83. The lowest BCUT2D eigenvalue weighted by Crippen LogP contribution is -2.21. The van der Waals surface area contributed by atoms with Crippen molar-refractivity contribution in [2.45, 2.75) is 6.92 Å². The molecular formula is C14H19N7O4. The van der Waals surface area contributed by atoms with Crippen LogP contribution in [0.3, 0.4) is 0 Å². The average Bonchev–Trinajstić information content (AvgIpc) is 2.56. The summed E-state index contributed by atoms with van der Waals surface area (Å²) in [5.41, 5.74) is -0.270. The van der Waals surface area contributed by atoms with E-state index in [0.717, 1.165) is 4.68 Å². The van der Waals surface area contributed by atoms with E-state index in [2.05, 4.69) is 25.4 Å². The summed E-state index contributed by atoms with van der Waals surface area (Å²) in [6, 6.07) is 2.69. The lowest BCUT2D eigenvalue weighted by Gasteiger charge is -2.13. The van der Waals surface area contributed by atoms with Crippen molar-refractivity contribution in [3.8, 4) is 11.9 Å².